The minimum absolute atomic E-state index is 0.0309. The number of ether oxygens (including phenoxy) is 2. The summed E-state index contributed by atoms with van der Waals surface area (Å²) in [6, 6.07) is -0.497. The van der Waals surface area contributed by atoms with Crippen molar-refractivity contribution in [2.45, 2.75) is 45.3 Å². The van der Waals surface area contributed by atoms with E-state index >= 15 is 0 Å². The maximum atomic E-state index is 12.8. The smallest absolute Gasteiger partial charge is 0.245 e. The lowest BCUT2D eigenvalue weighted by Crippen LogP contribution is -2.55. The number of hydrogen-bond donors (Lipinski definition) is 1. The molecular weight excluding hydrogens is 272 g/mol. The standard InChI is InChI=1S/C15H26N2O4/c1-14(2,3)12-13(19)17(7-5-11(18)16-12)9-15(20-4)6-8-21-10-15/h12H,5-10H2,1-4H3,(H,16,18). The Labute approximate surface area is 126 Å². The van der Waals surface area contributed by atoms with Gasteiger partial charge in [0, 0.05) is 33.1 Å². The normalized spacial score (nSPS) is 31.2. The van der Waals surface area contributed by atoms with Gasteiger partial charge in [0.15, 0.2) is 0 Å². The van der Waals surface area contributed by atoms with Crippen molar-refractivity contribution in [3.63, 3.8) is 0 Å². The van der Waals surface area contributed by atoms with E-state index in [1.54, 1.807) is 12.0 Å². The zero-order valence-corrected chi connectivity index (χ0v) is 13.4. The maximum absolute atomic E-state index is 12.8. The molecule has 2 heterocycles. The van der Waals surface area contributed by atoms with Gasteiger partial charge in [-0.25, -0.2) is 0 Å². The van der Waals surface area contributed by atoms with Crippen LogP contribution in [-0.4, -0.2) is 61.8 Å². The highest BCUT2D eigenvalue weighted by Crippen LogP contribution is 2.27. The lowest BCUT2D eigenvalue weighted by Gasteiger charge is -2.36. The first-order chi connectivity index (χ1) is 9.77. The second-order valence-electron chi connectivity index (χ2n) is 7.07. The van der Waals surface area contributed by atoms with Crippen LogP contribution in [0, 0.1) is 5.41 Å². The Balaban J connectivity index is 2.17. The fourth-order valence-corrected chi connectivity index (χ4v) is 2.85. The number of methoxy groups -OCH3 is 1. The molecule has 0 saturated carbocycles. The van der Waals surface area contributed by atoms with Crippen LogP contribution in [0.15, 0.2) is 0 Å². The molecule has 0 aromatic carbocycles. The predicted molar refractivity (Wildman–Crippen MR) is 77.8 cm³/mol. The van der Waals surface area contributed by atoms with Gasteiger partial charge >= 0.3 is 0 Å². The molecule has 120 valence electrons. The Morgan fingerprint density at radius 3 is 2.67 bits per heavy atom. The van der Waals surface area contributed by atoms with Crippen LogP contribution in [0.3, 0.4) is 0 Å². The summed E-state index contributed by atoms with van der Waals surface area (Å²) in [5, 5.41) is 2.85. The van der Waals surface area contributed by atoms with Crippen molar-refractivity contribution in [1.82, 2.24) is 10.2 Å². The summed E-state index contributed by atoms with van der Waals surface area (Å²) >= 11 is 0. The summed E-state index contributed by atoms with van der Waals surface area (Å²) in [5.41, 5.74) is -0.757. The molecule has 2 rings (SSSR count). The van der Waals surface area contributed by atoms with Gasteiger partial charge in [-0.3, -0.25) is 9.59 Å². The summed E-state index contributed by atoms with van der Waals surface area (Å²) in [5.74, 6) is -0.100. The van der Waals surface area contributed by atoms with E-state index in [0.29, 0.717) is 32.7 Å². The Morgan fingerprint density at radius 1 is 1.43 bits per heavy atom. The van der Waals surface area contributed by atoms with Gasteiger partial charge in [-0.2, -0.15) is 0 Å². The van der Waals surface area contributed by atoms with Crippen molar-refractivity contribution in [3.05, 3.63) is 0 Å². The van der Waals surface area contributed by atoms with Crippen molar-refractivity contribution >= 4 is 11.8 Å². The molecule has 2 atom stereocenters. The minimum Gasteiger partial charge on any atom is -0.378 e. The summed E-state index contributed by atoms with van der Waals surface area (Å²) < 4.78 is 11.0. The number of nitrogens with one attached hydrogen (secondary N) is 1. The Hall–Kier alpha value is -1.14. The molecule has 0 bridgehead atoms. The van der Waals surface area contributed by atoms with E-state index in [1.165, 1.54) is 0 Å². The fraction of sp³-hybridized carbons (Fsp3) is 0.867. The van der Waals surface area contributed by atoms with Crippen LogP contribution in [0.4, 0.5) is 0 Å². The molecule has 0 aliphatic carbocycles. The highest BCUT2D eigenvalue weighted by molar-refractivity contribution is 5.90. The summed E-state index contributed by atoms with van der Waals surface area (Å²) in [4.78, 5) is 26.4. The van der Waals surface area contributed by atoms with E-state index in [1.807, 2.05) is 20.8 Å². The highest BCUT2D eigenvalue weighted by atomic mass is 16.5. The van der Waals surface area contributed by atoms with Gasteiger partial charge in [-0.1, -0.05) is 20.8 Å². The maximum Gasteiger partial charge on any atom is 0.245 e. The third-order valence-corrected chi connectivity index (χ3v) is 4.32. The zero-order valence-electron chi connectivity index (χ0n) is 13.4. The predicted octanol–water partition coefficient (Wildman–Crippen LogP) is 0.555. The summed E-state index contributed by atoms with van der Waals surface area (Å²) in [7, 11) is 1.65. The molecule has 0 aromatic rings. The van der Waals surface area contributed by atoms with E-state index in [2.05, 4.69) is 5.32 Å². The Kier molecular flexibility index (Phi) is 4.58. The first-order valence-electron chi connectivity index (χ1n) is 7.48. The third-order valence-electron chi connectivity index (χ3n) is 4.32. The molecule has 21 heavy (non-hydrogen) atoms. The fourth-order valence-electron chi connectivity index (χ4n) is 2.85. The summed E-state index contributed by atoms with van der Waals surface area (Å²) in [6.07, 6.45) is 1.10. The molecule has 2 amide bonds. The number of hydrogen-bond acceptors (Lipinski definition) is 4. The van der Waals surface area contributed by atoms with Crippen LogP contribution in [0.5, 0.6) is 0 Å². The summed E-state index contributed by atoms with van der Waals surface area (Å²) in [6.45, 7) is 7.94. The first-order valence-corrected chi connectivity index (χ1v) is 7.48. The molecule has 6 nitrogen and oxygen atoms in total. The molecule has 2 aliphatic rings. The Bertz CT molecular complexity index is 410. The number of amides is 2. The van der Waals surface area contributed by atoms with Crippen molar-refractivity contribution in [3.8, 4) is 0 Å². The van der Waals surface area contributed by atoms with E-state index in [0.717, 1.165) is 6.42 Å². The largest absolute Gasteiger partial charge is 0.378 e. The first kappa shape index (κ1) is 16.2. The number of nitrogens with zero attached hydrogens (tertiary/aromatic N) is 1. The third kappa shape index (κ3) is 3.55. The van der Waals surface area contributed by atoms with Crippen LogP contribution >= 0.6 is 0 Å². The molecule has 2 unspecified atom stereocenters. The topological polar surface area (TPSA) is 67.9 Å². The Morgan fingerprint density at radius 2 is 2.14 bits per heavy atom. The van der Waals surface area contributed by atoms with Crippen molar-refractivity contribution in [2.24, 2.45) is 5.41 Å². The van der Waals surface area contributed by atoms with Crippen LogP contribution in [0.25, 0.3) is 0 Å². The quantitative estimate of drug-likeness (QED) is 0.826. The van der Waals surface area contributed by atoms with Gasteiger partial charge in [0.25, 0.3) is 0 Å². The van der Waals surface area contributed by atoms with E-state index in [4.69, 9.17) is 9.47 Å². The van der Waals surface area contributed by atoms with E-state index < -0.39 is 11.6 Å². The molecule has 2 saturated heterocycles. The number of carbonyl (C=O) groups is 2. The van der Waals surface area contributed by atoms with Crippen LogP contribution in [-0.2, 0) is 19.1 Å². The van der Waals surface area contributed by atoms with Gasteiger partial charge in [-0.15, -0.1) is 0 Å². The molecule has 0 spiro atoms. The lowest BCUT2D eigenvalue weighted by atomic mass is 9.85. The van der Waals surface area contributed by atoms with Gasteiger partial charge in [0.2, 0.25) is 11.8 Å². The van der Waals surface area contributed by atoms with Crippen molar-refractivity contribution in [2.75, 3.05) is 33.4 Å². The van der Waals surface area contributed by atoms with Gasteiger partial charge in [0.05, 0.1) is 13.2 Å². The number of carbonyl (C=O) groups excluding carboxylic acids is 2. The molecule has 1 N–H and O–H groups in total. The van der Waals surface area contributed by atoms with Crippen LogP contribution in [0.2, 0.25) is 0 Å². The molecule has 6 heteroatoms. The van der Waals surface area contributed by atoms with E-state index in [-0.39, 0.29) is 17.2 Å². The molecule has 0 aromatic heterocycles. The monoisotopic (exact) mass is 298 g/mol. The number of rotatable bonds is 3. The van der Waals surface area contributed by atoms with Crippen molar-refractivity contribution in [1.29, 1.82) is 0 Å². The lowest BCUT2D eigenvalue weighted by molar-refractivity contribution is -0.140. The van der Waals surface area contributed by atoms with E-state index in [9.17, 15) is 9.59 Å². The molecular formula is C15H26N2O4. The van der Waals surface area contributed by atoms with Gasteiger partial charge in [-0.05, 0) is 5.41 Å². The average Bonchev–Trinajstić information content (AvgIpc) is 2.82. The zero-order chi connectivity index (χ0) is 15.7. The van der Waals surface area contributed by atoms with Crippen LogP contribution < -0.4 is 5.32 Å². The average molecular weight is 298 g/mol. The molecule has 2 aliphatic heterocycles. The van der Waals surface area contributed by atoms with Gasteiger partial charge in [0.1, 0.15) is 11.6 Å². The second kappa shape index (κ2) is 5.93. The minimum atomic E-state index is -0.497. The molecule has 0 radical (unpaired) electrons. The van der Waals surface area contributed by atoms with Gasteiger partial charge < -0.3 is 19.7 Å². The van der Waals surface area contributed by atoms with Crippen molar-refractivity contribution < 1.29 is 19.1 Å². The van der Waals surface area contributed by atoms with Crippen LogP contribution in [0.1, 0.15) is 33.6 Å². The molecule has 2 fully saturated rings. The second-order valence-corrected chi connectivity index (χ2v) is 7.07. The highest BCUT2D eigenvalue weighted by Gasteiger charge is 2.43. The SMILES string of the molecule is COC1(CN2CCC(=O)NC(C(C)(C)C)C2=O)CCOC1.